The Balaban J connectivity index is 1.35. The largest absolute Gasteiger partial charge is 0.472 e. The monoisotopic (exact) mass is 386 g/mol. The lowest BCUT2D eigenvalue weighted by atomic mass is 10.2. The van der Waals surface area contributed by atoms with Crippen LogP contribution in [0.25, 0.3) is 0 Å². The second kappa shape index (κ2) is 9.03. The number of anilines is 1. The Morgan fingerprint density at radius 2 is 1.75 bits per heavy atom. The molecule has 0 spiro atoms. The Bertz CT molecular complexity index is 811. The molecule has 1 aromatic heterocycles. The van der Waals surface area contributed by atoms with E-state index in [0.717, 1.165) is 5.69 Å². The number of non-ortho nitro benzene ring substituents is 1. The lowest BCUT2D eigenvalue weighted by molar-refractivity contribution is -0.384. The fourth-order valence-corrected chi connectivity index (χ4v) is 3.06. The summed E-state index contributed by atoms with van der Waals surface area (Å²) in [6.45, 7) is 2.67. The maximum absolute atomic E-state index is 12.3. The SMILES string of the molecule is O=C(CCCNc1ccc([N+](=O)[O-])cc1)N1CCN(C(=O)c2ccoc2)CC1. The van der Waals surface area contributed by atoms with Gasteiger partial charge in [-0.25, -0.2) is 0 Å². The molecule has 1 saturated heterocycles. The van der Waals surface area contributed by atoms with Crippen LogP contribution in [0, 0.1) is 10.1 Å². The summed E-state index contributed by atoms with van der Waals surface area (Å²) in [4.78, 5) is 38.3. The average Bonchev–Trinajstić information content (AvgIpc) is 3.26. The van der Waals surface area contributed by atoms with Crippen molar-refractivity contribution < 1.29 is 18.9 Å². The molecule has 2 aromatic rings. The van der Waals surface area contributed by atoms with Gasteiger partial charge in [0, 0.05) is 57.0 Å². The molecule has 1 N–H and O–H groups in total. The van der Waals surface area contributed by atoms with E-state index in [9.17, 15) is 19.7 Å². The molecule has 0 atom stereocenters. The molecule has 0 bridgehead atoms. The van der Waals surface area contributed by atoms with E-state index in [1.54, 1.807) is 28.0 Å². The summed E-state index contributed by atoms with van der Waals surface area (Å²) in [5.41, 5.74) is 1.35. The number of carbonyl (C=O) groups is 2. The third-order valence-corrected chi connectivity index (χ3v) is 4.66. The van der Waals surface area contributed by atoms with Crippen LogP contribution < -0.4 is 5.32 Å². The topological polar surface area (TPSA) is 109 Å². The molecule has 0 aliphatic carbocycles. The van der Waals surface area contributed by atoms with Gasteiger partial charge in [0.2, 0.25) is 5.91 Å². The Morgan fingerprint density at radius 1 is 1.07 bits per heavy atom. The number of nitro benzene ring substituents is 1. The highest BCUT2D eigenvalue weighted by molar-refractivity contribution is 5.94. The summed E-state index contributed by atoms with van der Waals surface area (Å²) in [5.74, 6) is -0.00550. The first-order valence-electron chi connectivity index (χ1n) is 9.12. The first kappa shape index (κ1) is 19.4. The van der Waals surface area contributed by atoms with Crippen molar-refractivity contribution in [3.8, 4) is 0 Å². The van der Waals surface area contributed by atoms with E-state index in [2.05, 4.69) is 5.32 Å². The fourth-order valence-electron chi connectivity index (χ4n) is 3.06. The smallest absolute Gasteiger partial charge is 0.269 e. The van der Waals surface area contributed by atoms with Crippen LogP contribution in [0.5, 0.6) is 0 Å². The van der Waals surface area contributed by atoms with Crippen LogP contribution in [0.1, 0.15) is 23.2 Å². The fraction of sp³-hybridized carbons (Fsp3) is 0.368. The molecule has 0 radical (unpaired) electrons. The molecule has 148 valence electrons. The minimum atomic E-state index is -0.440. The lowest BCUT2D eigenvalue weighted by Gasteiger charge is -2.34. The van der Waals surface area contributed by atoms with Crippen molar-refractivity contribution in [2.24, 2.45) is 0 Å². The third kappa shape index (κ3) is 4.87. The molecule has 28 heavy (non-hydrogen) atoms. The van der Waals surface area contributed by atoms with Crippen molar-refractivity contribution in [2.45, 2.75) is 12.8 Å². The number of nitrogens with one attached hydrogen (secondary N) is 1. The minimum Gasteiger partial charge on any atom is -0.472 e. The molecule has 2 heterocycles. The van der Waals surface area contributed by atoms with Crippen LogP contribution in [0.3, 0.4) is 0 Å². The van der Waals surface area contributed by atoms with Crippen LogP contribution in [0.15, 0.2) is 47.3 Å². The maximum atomic E-state index is 12.3. The minimum absolute atomic E-state index is 0.0473. The number of hydrogen-bond acceptors (Lipinski definition) is 6. The summed E-state index contributed by atoms with van der Waals surface area (Å²) in [6.07, 6.45) is 3.97. The second-order valence-electron chi connectivity index (χ2n) is 6.52. The predicted octanol–water partition coefficient (Wildman–Crippen LogP) is 2.36. The molecule has 9 nitrogen and oxygen atoms in total. The van der Waals surface area contributed by atoms with E-state index >= 15 is 0 Å². The van der Waals surface area contributed by atoms with Gasteiger partial charge < -0.3 is 19.5 Å². The zero-order chi connectivity index (χ0) is 19.9. The molecule has 1 aromatic carbocycles. The molecule has 0 saturated carbocycles. The average molecular weight is 386 g/mol. The van der Waals surface area contributed by atoms with Crippen molar-refractivity contribution in [1.29, 1.82) is 0 Å². The van der Waals surface area contributed by atoms with Gasteiger partial charge in [-0.05, 0) is 24.6 Å². The summed E-state index contributed by atoms with van der Waals surface area (Å²) < 4.78 is 4.94. The Hall–Kier alpha value is -3.36. The van der Waals surface area contributed by atoms with Crippen molar-refractivity contribution >= 4 is 23.2 Å². The lowest BCUT2D eigenvalue weighted by Crippen LogP contribution is -2.50. The number of benzene rings is 1. The zero-order valence-corrected chi connectivity index (χ0v) is 15.4. The van der Waals surface area contributed by atoms with Crippen LogP contribution in [-0.2, 0) is 4.79 Å². The van der Waals surface area contributed by atoms with Crippen molar-refractivity contribution in [3.05, 3.63) is 58.5 Å². The third-order valence-electron chi connectivity index (χ3n) is 4.66. The number of nitro groups is 1. The number of piperazine rings is 1. The van der Waals surface area contributed by atoms with Gasteiger partial charge in [-0.2, -0.15) is 0 Å². The molecular formula is C19H22N4O5. The molecule has 1 aliphatic rings. The number of carbonyl (C=O) groups excluding carboxylic acids is 2. The Kier molecular flexibility index (Phi) is 6.25. The summed E-state index contributed by atoms with van der Waals surface area (Å²) in [6, 6.07) is 7.82. The Labute approximate surface area is 162 Å². The number of rotatable bonds is 7. The molecular weight excluding hydrogens is 364 g/mol. The molecule has 1 fully saturated rings. The van der Waals surface area contributed by atoms with Crippen LogP contribution >= 0.6 is 0 Å². The van der Waals surface area contributed by atoms with Crippen LogP contribution in [-0.4, -0.2) is 59.3 Å². The molecule has 9 heteroatoms. The van der Waals surface area contributed by atoms with Gasteiger partial charge in [0.25, 0.3) is 11.6 Å². The van der Waals surface area contributed by atoms with Crippen LogP contribution in [0.2, 0.25) is 0 Å². The molecule has 0 unspecified atom stereocenters. The van der Waals surface area contributed by atoms with Gasteiger partial charge in [0.15, 0.2) is 0 Å². The zero-order valence-electron chi connectivity index (χ0n) is 15.4. The molecule has 2 amide bonds. The van der Waals surface area contributed by atoms with E-state index in [0.29, 0.717) is 51.1 Å². The van der Waals surface area contributed by atoms with E-state index < -0.39 is 4.92 Å². The quantitative estimate of drug-likeness (QED) is 0.444. The molecule has 3 rings (SSSR count). The van der Waals surface area contributed by atoms with E-state index in [1.807, 2.05) is 0 Å². The summed E-state index contributed by atoms with van der Waals surface area (Å²) in [5, 5.41) is 13.8. The predicted molar refractivity (Wildman–Crippen MR) is 102 cm³/mol. The standard InChI is InChI=1S/C19H22N4O5/c24-18(2-1-8-20-16-3-5-17(6-4-16)23(26)27)21-9-11-22(12-10-21)19(25)15-7-13-28-14-15/h3-7,13-14,20H,1-2,8-12H2. The van der Waals surface area contributed by atoms with Crippen LogP contribution in [0.4, 0.5) is 11.4 Å². The van der Waals surface area contributed by atoms with Crippen molar-refractivity contribution in [3.63, 3.8) is 0 Å². The second-order valence-corrected chi connectivity index (χ2v) is 6.52. The van der Waals surface area contributed by atoms with Gasteiger partial charge in [0.1, 0.15) is 6.26 Å². The van der Waals surface area contributed by atoms with E-state index in [1.165, 1.54) is 24.7 Å². The van der Waals surface area contributed by atoms with Gasteiger partial charge >= 0.3 is 0 Å². The van der Waals surface area contributed by atoms with Gasteiger partial charge in [0.05, 0.1) is 16.7 Å². The van der Waals surface area contributed by atoms with Gasteiger partial charge in [-0.15, -0.1) is 0 Å². The number of nitrogens with zero attached hydrogens (tertiary/aromatic N) is 3. The first-order valence-corrected chi connectivity index (χ1v) is 9.12. The highest BCUT2D eigenvalue weighted by atomic mass is 16.6. The number of hydrogen-bond donors (Lipinski definition) is 1. The summed E-state index contributed by atoms with van der Waals surface area (Å²) >= 11 is 0. The number of furan rings is 1. The van der Waals surface area contributed by atoms with Crippen molar-refractivity contribution in [1.82, 2.24) is 9.80 Å². The van der Waals surface area contributed by atoms with E-state index in [4.69, 9.17) is 4.42 Å². The highest BCUT2D eigenvalue weighted by Crippen LogP contribution is 2.15. The molecule has 1 aliphatic heterocycles. The van der Waals surface area contributed by atoms with Gasteiger partial charge in [-0.3, -0.25) is 19.7 Å². The maximum Gasteiger partial charge on any atom is 0.269 e. The summed E-state index contributed by atoms with van der Waals surface area (Å²) in [7, 11) is 0. The normalized spacial score (nSPS) is 14.0. The Morgan fingerprint density at radius 3 is 2.36 bits per heavy atom. The number of amides is 2. The first-order chi connectivity index (χ1) is 13.5. The van der Waals surface area contributed by atoms with E-state index in [-0.39, 0.29) is 17.5 Å². The van der Waals surface area contributed by atoms with Crippen molar-refractivity contribution in [2.75, 3.05) is 38.0 Å². The highest BCUT2D eigenvalue weighted by Gasteiger charge is 2.24. The van der Waals surface area contributed by atoms with Gasteiger partial charge in [-0.1, -0.05) is 0 Å².